The number of hydrogen-bond donors (Lipinski definition) is 1. The highest BCUT2D eigenvalue weighted by atomic mass is 19.4. The van der Waals surface area contributed by atoms with Gasteiger partial charge in [0.05, 0.1) is 11.7 Å². The molecule has 2 unspecified atom stereocenters. The molecule has 1 aliphatic heterocycles. The van der Waals surface area contributed by atoms with Gasteiger partial charge in [-0.15, -0.1) is 0 Å². The molecule has 0 aromatic heterocycles. The largest absolute Gasteiger partial charge is 0.491 e. The summed E-state index contributed by atoms with van der Waals surface area (Å²) in [6.07, 6.45) is -3.55. The van der Waals surface area contributed by atoms with Gasteiger partial charge in [-0.25, -0.2) is 0 Å². The molecule has 0 bridgehead atoms. The van der Waals surface area contributed by atoms with Gasteiger partial charge >= 0.3 is 6.18 Å². The summed E-state index contributed by atoms with van der Waals surface area (Å²) in [6.45, 7) is 3.89. The summed E-state index contributed by atoms with van der Waals surface area (Å²) in [4.78, 5) is 25.5. The second kappa shape index (κ2) is 8.45. The number of ether oxygens (including phenoxy) is 1. The number of Topliss-reactive ketones (excluding diaryl/α,β-unsaturated/α-hetero) is 1. The third-order valence-electron chi connectivity index (χ3n) is 5.90. The molecule has 0 spiro atoms. The molecule has 4 rings (SSSR count). The fourth-order valence-corrected chi connectivity index (χ4v) is 4.48. The van der Waals surface area contributed by atoms with Crippen LogP contribution in [0.15, 0.2) is 59.8 Å². The van der Waals surface area contributed by atoms with Crippen LogP contribution in [0.3, 0.4) is 0 Å². The number of halogens is 3. The Bertz CT molecular complexity index is 1050. The van der Waals surface area contributed by atoms with Gasteiger partial charge in [0.1, 0.15) is 5.75 Å². The van der Waals surface area contributed by atoms with E-state index in [0.29, 0.717) is 23.3 Å². The van der Waals surface area contributed by atoms with Gasteiger partial charge in [0.2, 0.25) is 5.91 Å². The lowest BCUT2D eigenvalue weighted by atomic mass is 9.73. The molecule has 1 amide bonds. The van der Waals surface area contributed by atoms with Crippen molar-refractivity contribution in [2.45, 2.75) is 57.2 Å². The topological polar surface area (TPSA) is 55.4 Å². The Hall–Kier alpha value is -3.09. The SMILES string of the molecule is CC(C)Oc1ccc(C2CC(=O)C3=C(C2)NC(=O)CC3c2ccc(C(F)(F)F)cc2)cc1. The molecule has 1 N–H and O–H groups in total. The van der Waals surface area contributed by atoms with Gasteiger partial charge in [-0.3, -0.25) is 9.59 Å². The molecule has 0 saturated heterocycles. The van der Waals surface area contributed by atoms with Gasteiger partial charge in [-0.05, 0) is 61.6 Å². The van der Waals surface area contributed by atoms with Gasteiger partial charge in [0.25, 0.3) is 0 Å². The Balaban J connectivity index is 1.60. The zero-order valence-electron chi connectivity index (χ0n) is 17.8. The summed E-state index contributed by atoms with van der Waals surface area (Å²) >= 11 is 0. The average molecular weight is 443 g/mol. The first-order valence-electron chi connectivity index (χ1n) is 10.6. The first-order chi connectivity index (χ1) is 15.1. The fraction of sp³-hybridized carbons (Fsp3) is 0.360. The van der Waals surface area contributed by atoms with Crippen molar-refractivity contribution in [2.75, 3.05) is 0 Å². The van der Waals surface area contributed by atoms with Crippen molar-refractivity contribution < 1.29 is 27.5 Å². The summed E-state index contributed by atoms with van der Waals surface area (Å²) in [7, 11) is 0. The van der Waals surface area contributed by atoms with Crippen LogP contribution in [-0.2, 0) is 15.8 Å². The van der Waals surface area contributed by atoms with Gasteiger partial charge in [0.15, 0.2) is 5.78 Å². The quantitative estimate of drug-likeness (QED) is 0.679. The van der Waals surface area contributed by atoms with E-state index in [-0.39, 0.29) is 36.6 Å². The number of benzene rings is 2. The summed E-state index contributed by atoms with van der Waals surface area (Å²) in [6, 6.07) is 12.3. The molecule has 0 fully saturated rings. The van der Waals surface area contributed by atoms with Crippen molar-refractivity contribution in [2.24, 2.45) is 0 Å². The van der Waals surface area contributed by atoms with Crippen LogP contribution in [-0.4, -0.2) is 17.8 Å². The Kier molecular flexibility index (Phi) is 5.84. The molecular weight excluding hydrogens is 419 g/mol. The van der Waals surface area contributed by atoms with Gasteiger partial charge in [0, 0.05) is 30.0 Å². The number of allylic oxidation sites excluding steroid dienone is 2. The molecule has 1 heterocycles. The molecule has 2 aromatic carbocycles. The van der Waals surface area contributed by atoms with E-state index in [4.69, 9.17) is 4.74 Å². The average Bonchev–Trinajstić information content (AvgIpc) is 2.72. The van der Waals surface area contributed by atoms with Gasteiger partial charge in [-0.1, -0.05) is 24.3 Å². The Morgan fingerprint density at radius 2 is 1.53 bits per heavy atom. The maximum absolute atomic E-state index is 13.1. The lowest BCUT2D eigenvalue weighted by Gasteiger charge is -2.34. The number of amides is 1. The zero-order valence-corrected chi connectivity index (χ0v) is 17.8. The molecule has 1 aliphatic carbocycles. The Morgan fingerprint density at radius 3 is 2.12 bits per heavy atom. The van der Waals surface area contributed by atoms with Crippen LogP contribution in [0, 0.1) is 0 Å². The van der Waals surface area contributed by atoms with Crippen molar-refractivity contribution in [3.05, 3.63) is 76.5 Å². The smallest absolute Gasteiger partial charge is 0.416 e. The van der Waals surface area contributed by atoms with Crippen LogP contribution in [0.4, 0.5) is 13.2 Å². The lowest BCUT2D eigenvalue weighted by molar-refractivity contribution is -0.137. The second-order valence-electron chi connectivity index (χ2n) is 8.58. The van der Waals surface area contributed by atoms with Crippen LogP contribution >= 0.6 is 0 Å². The molecular formula is C25H24F3NO3. The first-order valence-corrected chi connectivity index (χ1v) is 10.6. The molecule has 2 aromatic rings. The van der Waals surface area contributed by atoms with Crippen molar-refractivity contribution >= 4 is 11.7 Å². The van der Waals surface area contributed by atoms with Crippen LogP contribution in [0.25, 0.3) is 0 Å². The fourth-order valence-electron chi connectivity index (χ4n) is 4.48. The predicted octanol–water partition coefficient (Wildman–Crippen LogP) is 5.50. The monoisotopic (exact) mass is 443 g/mol. The number of alkyl halides is 3. The molecule has 0 radical (unpaired) electrons. The standard InChI is InChI=1S/C25H24F3NO3/c1-14(2)32-19-9-5-15(6-10-19)17-11-21-24(22(30)12-17)20(13-23(31)29-21)16-3-7-18(8-4-16)25(26,27)28/h3-10,14,17,20H,11-13H2,1-2H3,(H,29,31). The minimum atomic E-state index is -4.43. The van der Waals surface area contributed by atoms with E-state index in [2.05, 4.69) is 5.32 Å². The Labute approximate surface area is 184 Å². The van der Waals surface area contributed by atoms with Gasteiger partial charge in [-0.2, -0.15) is 13.2 Å². The van der Waals surface area contributed by atoms with E-state index in [1.165, 1.54) is 12.1 Å². The summed E-state index contributed by atoms with van der Waals surface area (Å²) in [5.41, 5.74) is 1.86. The number of carbonyl (C=O) groups is 2. The van der Waals surface area contributed by atoms with Crippen molar-refractivity contribution in [1.82, 2.24) is 5.32 Å². The maximum atomic E-state index is 13.1. The maximum Gasteiger partial charge on any atom is 0.416 e. The summed E-state index contributed by atoms with van der Waals surface area (Å²) in [5, 5.41) is 2.84. The van der Waals surface area contributed by atoms with E-state index in [1.54, 1.807) is 0 Å². The van der Waals surface area contributed by atoms with E-state index in [9.17, 15) is 22.8 Å². The van der Waals surface area contributed by atoms with Gasteiger partial charge < -0.3 is 10.1 Å². The van der Waals surface area contributed by atoms with Crippen molar-refractivity contribution in [3.8, 4) is 5.75 Å². The predicted molar refractivity (Wildman–Crippen MR) is 113 cm³/mol. The third kappa shape index (κ3) is 4.56. The summed E-state index contributed by atoms with van der Waals surface area (Å²) in [5.74, 6) is -0.178. The first kappa shape index (κ1) is 22.1. The number of carbonyl (C=O) groups excluding carboxylic acids is 2. The normalized spacial score (nSPS) is 21.4. The molecule has 2 aliphatic rings. The van der Waals surface area contributed by atoms with E-state index in [1.807, 2.05) is 38.1 Å². The number of ketones is 1. The van der Waals surface area contributed by atoms with E-state index < -0.39 is 17.7 Å². The third-order valence-corrected chi connectivity index (χ3v) is 5.90. The number of nitrogens with one attached hydrogen (secondary N) is 1. The van der Waals surface area contributed by atoms with Crippen LogP contribution in [0.5, 0.6) is 5.75 Å². The molecule has 32 heavy (non-hydrogen) atoms. The Morgan fingerprint density at radius 1 is 0.906 bits per heavy atom. The van der Waals surface area contributed by atoms with E-state index >= 15 is 0 Å². The van der Waals surface area contributed by atoms with Crippen LogP contribution in [0.2, 0.25) is 0 Å². The number of hydrogen-bond acceptors (Lipinski definition) is 3. The number of rotatable bonds is 4. The molecule has 168 valence electrons. The molecule has 7 heteroatoms. The second-order valence-corrected chi connectivity index (χ2v) is 8.58. The van der Waals surface area contributed by atoms with E-state index in [0.717, 1.165) is 23.4 Å². The molecule has 2 atom stereocenters. The minimum Gasteiger partial charge on any atom is -0.491 e. The van der Waals surface area contributed by atoms with Crippen LogP contribution < -0.4 is 10.1 Å². The molecule has 0 saturated carbocycles. The summed E-state index contributed by atoms with van der Waals surface area (Å²) < 4.78 is 44.4. The highest BCUT2D eigenvalue weighted by molar-refractivity contribution is 6.02. The van der Waals surface area contributed by atoms with Crippen LogP contribution in [0.1, 0.15) is 61.6 Å². The highest BCUT2D eigenvalue weighted by Crippen LogP contribution is 2.43. The zero-order chi connectivity index (χ0) is 23.0. The lowest BCUT2D eigenvalue weighted by Crippen LogP contribution is -2.38. The molecule has 4 nitrogen and oxygen atoms in total. The minimum absolute atomic E-state index is 0.0435. The van der Waals surface area contributed by atoms with Crippen molar-refractivity contribution in [1.29, 1.82) is 0 Å². The highest BCUT2D eigenvalue weighted by Gasteiger charge is 2.38. The van der Waals surface area contributed by atoms with Crippen molar-refractivity contribution in [3.63, 3.8) is 0 Å².